The van der Waals surface area contributed by atoms with Gasteiger partial charge in [-0.1, -0.05) is 16.4 Å². The minimum atomic E-state index is -0.657. The second-order valence-corrected chi connectivity index (χ2v) is 4.24. The van der Waals surface area contributed by atoms with Crippen LogP contribution in [0, 0.1) is 0 Å². The Balaban J connectivity index is 1.77. The highest BCUT2D eigenvalue weighted by Gasteiger charge is 2.12. The topological polar surface area (TPSA) is 103 Å². The average molecular weight is 272 g/mol. The molecule has 102 valence electrons. The van der Waals surface area contributed by atoms with Gasteiger partial charge in [0.1, 0.15) is 17.9 Å². The molecular weight excluding hydrogens is 260 g/mol. The van der Waals surface area contributed by atoms with E-state index in [1.165, 1.54) is 4.68 Å². The van der Waals surface area contributed by atoms with E-state index < -0.39 is 6.10 Å². The molecule has 3 rings (SSSR count). The molecule has 3 aromatic rings. The van der Waals surface area contributed by atoms with Gasteiger partial charge < -0.3 is 9.63 Å². The molecule has 0 bridgehead atoms. The molecule has 0 radical (unpaired) electrons. The van der Waals surface area contributed by atoms with Crippen molar-refractivity contribution in [2.75, 3.05) is 0 Å². The maximum Gasteiger partial charge on any atom is 0.248 e. The molecule has 0 spiro atoms. The summed E-state index contributed by atoms with van der Waals surface area (Å²) < 4.78 is 6.67. The van der Waals surface area contributed by atoms with Crippen molar-refractivity contribution in [2.24, 2.45) is 0 Å². The van der Waals surface area contributed by atoms with Crippen molar-refractivity contribution in [1.82, 2.24) is 30.1 Å². The fraction of sp³-hybridized carbons (Fsp3) is 0.250. The van der Waals surface area contributed by atoms with Crippen molar-refractivity contribution < 1.29 is 9.63 Å². The van der Waals surface area contributed by atoms with Crippen LogP contribution in [0.25, 0.3) is 11.5 Å². The normalized spacial score (nSPS) is 12.5. The summed E-state index contributed by atoms with van der Waals surface area (Å²) in [6.07, 6.45) is 2.64. The minimum Gasteiger partial charge on any atom is -0.387 e. The van der Waals surface area contributed by atoms with Crippen LogP contribution in [-0.2, 0) is 6.54 Å². The van der Waals surface area contributed by atoms with Crippen LogP contribution in [0.2, 0.25) is 0 Å². The summed E-state index contributed by atoms with van der Waals surface area (Å²) in [5.41, 5.74) is 1.14. The third kappa shape index (κ3) is 2.54. The number of aliphatic hydroxyl groups excluding tert-OH is 1. The van der Waals surface area contributed by atoms with Crippen LogP contribution >= 0.6 is 0 Å². The first-order chi connectivity index (χ1) is 9.72. The van der Waals surface area contributed by atoms with Gasteiger partial charge in [0.15, 0.2) is 0 Å². The van der Waals surface area contributed by atoms with E-state index in [1.54, 1.807) is 25.4 Å². The molecule has 0 aromatic carbocycles. The standard InChI is InChI=1S/C12H12N6O2/c1-8(19)10-6-18(17-15-10)7-11-14-12(16-20-11)9-4-2-3-5-13-9/h2-6,8,19H,7H2,1H3. The molecule has 1 atom stereocenters. The van der Waals surface area contributed by atoms with E-state index >= 15 is 0 Å². The Morgan fingerprint density at radius 1 is 1.40 bits per heavy atom. The third-order valence-corrected chi connectivity index (χ3v) is 2.64. The van der Waals surface area contributed by atoms with Crippen LogP contribution in [0.4, 0.5) is 0 Å². The Bertz CT molecular complexity index is 691. The smallest absolute Gasteiger partial charge is 0.248 e. The van der Waals surface area contributed by atoms with Gasteiger partial charge in [-0.15, -0.1) is 5.10 Å². The molecule has 0 aliphatic rings. The number of aliphatic hydroxyl groups is 1. The summed E-state index contributed by atoms with van der Waals surface area (Å²) >= 11 is 0. The molecule has 0 saturated heterocycles. The SMILES string of the molecule is CC(O)c1cn(Cc2nc(-c3ccccn3)no2)nn1. The number of hydrogen-bond donors (Lipinski definition) is 1. The molecule has 1 N–H and O–H groups in total. The maximum atomic E-state index is 9.38. The summed E-state index contributed by atoms with van der Waals surface area (Å²) in [5, 5.41) is 21.0. The van der Waals surface area contributed by atoms with Crippen molar-refractivity contribution in [3.8, 4) is 11.5 Å². The number of aromatic nitrogens is 6. The predicted molar refractivity (Wildman–Crippen MR) is 67.3 cm³/mol. The number of hydrogen-bond acceptors (Lipinski definition) is 7. The molecule has 3 heterocycles. The summed E-state index contributed by atoms with van der Waals surface area (Å²) in [6.45, 7) is 1.92. The molecule has 0 fully saturated rings. The minimum absolute atomic E-state index is 0.291. The van der Waals surface area contributed by atoms with Gasteiger partial charge in [-0.25, -0.2) is 4.68 Å². The Labute approximate surface area is 114 Å². The molecule has 0 aliphatic heterocycles. The first-order valence-electron chi connectivity index (χ1n) is 6.04. The molecular formula is C12H12N6O2. The van der Waals surface area contributed by atoms with Gasteiger partial charge in [0.2, 0.25) is 11.7 Å². The first kappa shape index (κ1) is 12.4. The van der Waals surface area contributed by atoms with E-state index in [-0.39, 0.29) is 0 Å². The van der Waals surface area contributed by atoms with Crippen LogP contribution in [0.1, 0.15) is 24.6 Å². The molecule has 0 amide bonds. The van der Waals surface area contributed by atoms with Crippen molar-refractivity contribution in [3.05, 3.63) is 42.2 Å². The molecule has 3 aromatic heterocycles. The Kier molecular flexibility index (Phi) is 3.21. The summed E-state index contributed by atoms with van der Waals surface area (Å²) in [4.78, 5) is 8.38. The van der Waals surface area contributed by atoms with E-state index in [4.69, 9.17) is 4.52 Å². The van der Waals surface area contributed by atoms with Crippen LogP contribution in [0.15, 0.2) is 35.1 Å². The fourth-order valence-corrected chi connectivity index (χ4v) is 1.64. The van der Waals surface area contributed by atoms with E-state index in [1.807, 2.05) is 12.1 Å². The van der Waals surface area contributed by atoms with Gasteiger partial charge in [-0.05, 0) is 19.1 Å². The van der Waals surface area contributed by atoms with Gasteiger partial charge in [-0.2, -0.15) is 4.98 Å². The van der Waals surface area contributed by atoms with Crippen molar-refractivity contribution in [2.45, 2.75) is 19.6 Å². The predicted octanol–water partition coefficient (Wildman–Crippen LogP) is 0.825. The Morgan fingerprint density at radius 3 is 3.00 bits per heavy atom. The van der Waals surface area contributed by atoms with Crippen LogP contribution < -0.4 is 0 Å². The molecule has 1 unspecified atom stereocenters. The Hall–Kier alpha value is -2.61. The highest BCUT2D eigenvalue weighted by atomic mass is 16.5. The van der Waals surface area contributed by atoms with Gasteiger partial charge >= 0.3 is 0 Å². The van der Waals surface area contributed by atoms with Gasteiger partial charge in [0.25, 0.3) is 0 Å². The Morgan fingerprint density at radius 2 is 2.30 bits per heavy atom. The summed E-state index contributed by atoms with van der Waals surface area (Å²) in [6, 6.07) is 5.47. The lowest BCUT2D eigenvalue weighted by Crippen LogP contribution is -2.00. The molecule has 8 heteroatoms. The zero-order valence-corrected chi connectivity index (χ0v) is 10.7. The van der Waals surface area contributed by atoms with Crippen LogP contribution in [-0.4, -0.2) is 35.2 Å². The molecule has 8 nitrogen and oxygen atoms in total. The van der Waals surface area contributed by atoms with Crippen molar-refractivity contribution in [3.63, 3.8) is 0 Å². The maximum absolute atomic E-state index is 9.38. The summed E-state index contributed by atoms with van der Waals surface area (Å²) in [7, 11) is 0. The lowest BCUT2D eigenvalue weighted by atomic mass is 10.3. The van der Waals surface area contributed by atoms with Crippen molar-refractivity contribution >= 4 is 0 Å². The average Bonchev–Trinajstić information content (AvgIpc) is 3.10. The molecule has 20 heavy (non-hydrogen) atoms. The van der Waals surface area contributed by atoms with Crippen LogP contribution in [0.3, 0.4) is 0 Å². The number of nitrogens with zero attached hydrogens (tertiary/aromatic N) is 6. The van der Waals surface area contributed by atoms with E-state index in [0.29, 0.717) is 29.6 Å². The highest BCUT2D eigenvalue weighted by molar-refractivity contribution is 5.46. The largest absolute Gasteiger partial charge is 0.387 e. The second kappa shape index (κ2) is 5.17. The monoisotopic (exact) mass is 272 g/mol. The quantitative estimate of drug-likeness (QED) is 0.750. The fourth-order valence-electron chi connectivity index (χ4n) is 1.64. The van der Waals surface area contributed by atoms with Crippen LogP contribution in [0.5, 0.6) is 0 Å². The lowest BCUT2D eigenvalue weighted by molar-refractivity contribution is 0.194. The van der Waals surface area contributed by atoms with E-state index in [2.05, 4.69) is 25.4 Å². The van der Waals surface area contributed by atoms with Gasteiger partial charge in [0.05, 0.1) is 12.3 Å². The van der Waals surface area contributed by atoms with Gasteiger partial charge in [0, 0.05) is 6.20 Å². The third-order valence-electron chi connectivity index (χ3n) is 2.64. The van der Waals surface area contributed by atoms with E-state index in [0.717, 1.165) is 0 Å². The van der Waals surface area contributed by atoms with Gasteiger partial charge in [-0.3, -0.25) is 4.98 Å². The molecule has 0 saturated carbocycles. The summed E-state index contributed by atoms with van der Waals surface area (Å²) in [5.74, 6) is 0.823. The number of rotatable bonds is 4. The lowest BCUT2D eigenvalue weighted by Gasteiger charge is -1.95. The highest BCUT2D eigenvalue weighted by Crippen LogP contribution is 2.13. The second-order valence-electron chi connectivity index (χ2n) is 4.24. The van der Waals surface area contributed by atoms with Crippen molar-refractivity contribution in [1.29, 1.82) is 0 Å². The first-order valence-corrected chi connectivity index (χ1v) is 6.04. The molecule has 0 aliphatic carbocycles. The zero-order valence-electron chi connectivity index (χ0n) is 10.7. The zero-order chi connectivity index (χ0) is 13.9. The van der Waals surface area contributed by atoms with E-state index in [9.17, 15) is 5.11 Å². The number of pyridine rings is 1.